The predicted molar refractivity (Wildman–Crippen MR) is 109 cm³/mol. The quantitative estimate of drug-likeness (QED) is 0.710. The third kappa shape index (κ3) is 2.28. The first-order valence-corrected chi connectivity index (χ1v) is 10.4. The minimum atomic E-state index is -0.281. The normalized spacial score (nSPS) is 30.8. The van der Waals surface area contributed by atoms with E-state index in [1.54, 1.807) is 0 Å². The number of nitrogens with zero attached hydrogens (tertiary/aromatic N) is 1. The van der Waals surface area contributed by atoms with Crippen molar-refractivity contribution in [2.24, 2.45) is 11.8 Å². The Morgan fingerprint density at radius 3 is 2.54 bits per heavy atom. The molecule has 3 aliphatic rings. The van der Waals surface area contributed by atoms with Crippen molar-refractivity contribution in [3.63, 3.8) is 0 Å². The fraction of sp³-hybridized carbons (Fsp3) is 0.391. The number of thiophene rings is 1. The van der Waals surface area contributed by atoms with Gasteiger partial charge < -0.3 is 9.84 Å². The Labute approximate surface area is 168 Å². The molecule has 0 saturated carbocycles. The van der Waals surface area contributed by atoms with Gasteiger partial charge in [0.2, 0.25) is 5.00 Å². The van der Waals surface area contributed by atoms with Crippen LogP contribution in [0, 0.1) is 39.2 Å². The van der Waals surface area contributed by atoms with E-state index in [0.29, 0.717) is 10.6 Å². The van der Waals surface area contributed by atoms with Gasteiger partial charge in [-0.3, -0.25) is 4.79 Å². The summed E-state index contributed by atoms with van der Waals surface area (Å²) in [7, 11) is 0. The summed E-state index contributed by atoms with van der Waals surface area (Å²) in [5.41, 5.74) is 4.58. The van der Waals surface area contributed by atoms with Crippen LogP contribution < -0.4 is 0 Å². The maximum atomic E-state index is 13.3. The lowest BCUT2D eigenvalue weighted by Crippen LogP contribution is -2.33. The second-order valence-corrected chi connectivity index (χ2v) is 9.31. The second kappa shape index (κ2) is 6.04. The lowest BCUT2D eigenvalue weighted by molar-refractivity contribution is -0.118. The number of ketones is 1. The average Bonchev–Trinajstić information content (AvgIpc) is 3.39. The summed E-state index contributed by atoms with van der Waals surface area (Å²) in [5, 5.41) is 11.8. The first-order valence-electron chi connectivity index (χ1n) is 9.59. The van der Waals surface area contributed by atoms with Gasteiger partial charge in [0, 0.05) is 5.92 Å². The van der Waals surface area contributed by atoms with Gasteiger partial charge in [-0.2, -0.15) is 11.3 Å². The molecular weight excluding hydrogens is 370 g/mol. The maximum absolute atomic E-state index is 13.3. The van der Waals surface area contributed by atoms with E-state index in [1.807, 2.05) is 32.9 Å². The van der Waals surface area contributed by atoms with Crippen LogP contribution in [0.4, 0.5) is 5.00 Å². The molecule has 1 aliphatic carbocycles. The van der Waals surface area contributed by atoms with Gasteiger partial charge in [-0.05, 0) is 54.8 Å². The van der Waals surface area contributed by atoms with Crippen LogP contribution in [0.5, 0.6) is 0 Å². The number of carbonyl (C=O) groups excluding carboxylic acids is 1. The van der Waals surface area contributed by atoms with Gasteiger partial charge in [-0.1, -0.05) is 23.8 Å². The van der Waals surface area contributed by atoms with Gasteiger partial charge in [0.15, 0.2) is 5.78 Å². The number of aliphatic hydroxyl groups is 1. The summed E-state index contributed by atoms with van der Waals surface area (Å²) in [5.74, 6) is -0.191. The Bertz CT molecular complexity index is 1070. The summed E-state index contributed by atoms with van der Waals surface area (Å²) in [4.78, 5) is 18.0. The summed E-state index contributed by atoms with van der Waals surface area (Å²) < 4.78 is 6.17. The van der Waals surface area contributed by atoms with E-state index < -0.39 is 0 Å². The Hall–Kier alpha value is -2.42. The largest absolute Gasteiger partial charge is 0.511 e. The molecule has 4 nitrogen and oxygen atoms in total. The fourth-order valence-electron chi connectivity index (χ4n) is 5.56. The molecule has 1 N–H and O–H groups in total. The number of hydrogen-bond donors (Lipinski definition) is 1. The molecule has 0 unspecified atom stereocenters. The van der Waals surface area contributed by atoms with Crippen molar-refractivity contribution < 1.29 is 14.6 Å². The maximum Gasteiger partial charge on any atom is 0.241 e. The predicted octanol–water partition coefficient (Wildman–Crippen LogP) is 5.26. The summed E-state index contributed by atoms with van der Waals surface area (Å²) in [6, 6.07) is 7.97. The van der Waals surface area contributed by atoms with E-state index in [0.717, 1.165) is 33.6 Å². The SMILES string of the molecule is [C-]#[N+]c1ccc([C@@H]2C[C@@H]3O[C@H]2[C@H]2C(O)=C(c4c(C)cc(C)cc4C)C(=O)[C@H]23)s1. The molecule has 5 rings (SSSR count). The fourth-order valence-corrected chi connectivity index (χ4v) is 6.50. The summed E-state index contributed by atoms with van der Waals surface area (Å²) in [6.45, 7) is 13.2. The van der Waals surface area contributed by atoms with Gasteiger partial charge in [-0.25, -0.2) is 4.85 Å². The minimum Gasteiger partial charge on any atom is -0.511 e. The van der Waals surface area contributed by atoms with Crippen LogP contribution in [0.3, 0.4) is 0 Å². The third-order valence-electron chi connectivity index (χ3n) is 6.49. The lowest BCUT2D eigenvalue weighted by atomic mass is 9.74. The molecule has 2 aromatic rings. The highest BCUT2D eigenvalue weighted by Gasteiger charge is 2.62. The van der Waals surface area contributed by atoms with Crippen molar-refractivity contribution >= 4 is 27.7 Å². The number of rotatable bonds is 2. The zero-order valence-electron chi connectivity index (χ0n) is 16.0. The van der Waals surface area contributed by atoms with Crippen molar-refractivity contribution in [3.05, 3.63) is 68.6 Å². The number of carbonyl (C=O) groups is 1. The van der Waals surface area contributed by atoms with E-state index in [2.05, 4.69) is 17.0 Å². The van der Waals surface area contributed by atoms with Crippen LogP contribution in [0.1, 0.15) is 39.5 Å². The van der Waals surface area contributed by atoms with E-state index >= 15 is 0 Å². The molecule has 142 valence electrons. The second-order valence-electron chi connectivity index (χ2n) is 8.22. The molecule has 1 aromatic carbocycles. The third-order valence-corrected chi connectivity index (χ3v) is 7.60. The standard InChI is InChI=1S/C23H21NO3S/c1-10-7-11(2)17(12(3)8-10)19-21(25)18-14-9-13(15-5-6-16(24-4)28-15)23(27-14)20(18)22(19)26/h5-8,13-14,18,20,23,26H,9H2,1-3H3/t13-,14-,18-,20+,23+/m0/s1. The Morgan fingerprint density at radius 2 is 1.89 bits per heavy atom. The van der Waals surface area contributed by atoms with Crippen LogP contribution in [0.2, 0.25) is 0 Å². The number of ether oxygens (including phenoxy) is 1. The van der Waals surface area contributed by atoms with Crippen LogP contribution in [0.25, 0.3) is 10.4 Å². The number of aliphatic hydroxyl groups excluding tert-OH is 1. The van der Waals surface area contributed by atoms with Crippen LogP contribution in [-0.2, 0) is 9.53 Å². The first kappa shape index (κ1) is 17.7. The van der Waals surface area contributed by atoms with E-state index in [9.17, 15) is 9.90 Å². The minimum absolute atomic E-state index is 0.0246. The summed E-state index contributed by atoms with van der Waals surface area (Å²) in [6.07, 6.45) is 0.429. The molecule has 2 aliphatic heterocycles. The molecule has 2 saturated heterocycles. The number of benzene rings is 1. The number of aryl methyl sites for hydroxylation is 3. The van der Waals surface area contributed by atoms with Gasteiger partial charge >= 0.3 is 0 Å². The highest BCUT2D eigenvalue weighted by molar-refractivity contribution is 7.16. The topological polar surface area (TPSA) is 50.9 Å². The monoisotopic (exact) mass is 391 g/mol. The molecule has 2 fully saturated rings. The van der Waals surface area contributed by atoms with E-state index in [1.165, 1.54) is 11.3 Å². The molecule has 3 heterocycles. The van der Waals surface area contributed by atoms with Crippen molar-refractivity contribution in [3.8, 4) is 0 Å². The molecule has 28 heavy (non-hydrogen) atoms. The van der Waals surface area contributed by atoms with Crippen LogP contribution in [0.15, 0.2) is 30.0 Å². The van der Waals surface area contributed by atoms with Crippen molar-refractivity contribution in [2.75, 3.05) is 0 Å². The molecule has 0 radical (unpaired) electrons. The van der Waals surface area contributed by atoms with Crippen molar-refractivity contribution in [1.29, 1.82) is 0 Å². The number of fused-ring (bicyclic) bond motifs is 5. The number of allylic oxidation sites excluding steroid dienone is 1. The van der Waals surface area contributed by atoms with Gasteiger partial charge in [0.25, 0.3) is 0 Å². The van der Waals surface area contributed by atoms with Gasteiger partial charge in [0.1, 0.15) is 5.76 Å². The van der Waals surface area contributed by atoms with E-state index in [-0.39, 0.29) is 41.5 Å². The molecule has 1 aromatic heterocycles. The molecule has 0 amide bonds. The lowest BCUT2D eigenvalue weighted by Gasteiger charge is -2.26. The molecule has 0 spiro atoms. The zero-order chi connectivity index (χ0) is 19.7. The zero-order valence-corrected chi connectivity index (χ0v) is 16.8. The Kier molecular flexibility index (Phi) is 3.81. The van der Waals surface area contributed by atoms with Crippen molar-refractivity contribution in [1.82, 2.24) is 0 Å². The van der Waals surface area contributed by atoms with Crippen molar-refractivity contribution in [2.45, 2.75) is 45.3 Å². The molecule has 2 bridgehead atoms. The van der Waals surface area contributed by atoms with Crippen LogP contribution in [-0.4, -0.2) is 23.1 Å². The highest BCUT2D eigenvalue weighted by Crippen LogP contribution is 2.59. The first-order chi connectivity index (χ1) is 13.4. The van der Waals surface area contributed by atoms with Crippen LogP contribution >= 0.6 is 11.3 Å². The summed E-state index contributed by atoms with van der Waals surface area (Å²) >= 11 is 1.49. The van der Waals surface area contributed by atoms with E-state index in [4.69, 9.17) is 11.3 Å². The Balaban J connectivity index is 1.57. The molecule has 5 heteroatoms. The molecular formula is C23H21NO3S. The van der Waals surface area contributed by atoms with Gasteiger partial charge in [-0.15, -0.1) is 0 Å². The number of Topliss-reactive ketones (excluding diaryl/α,β-unsaturated/α-hetero) is 1. The highest BCUT2D eigenvalue weighted by atomic mass is 32.1. The molecule has 5 atom stereocenters. The smallest absolute Gasteiger partial charge is 0.241 e. The number of hydrogen-bond acceptors (Lipinski definition) is 4. The average molecular weight is 391 g/mol. The van der Waals surface area contributed by atoms with Gasteiger partial charge in [0.05, 0.1) is 36.2 Å². The Morgan fingerprint density at radius 1 is 1.18 bits per heavy atom.